The number of nitrogens with one attached hydrogen (secondary N) is 1. The van der Waals surface area contributed by atoms with E-state index >= 15 is 0 Å². The Morgan fingerprint density at radius 3 is 2.74 bits per heavy atom. The maximum absolute atomic E-state index is 13.6. The molecule has 1 aliphatic carbocycles. The first-order valence-electron chi connectivity index (χ1n) is 11.0. The number of anilines is 1. The third-order valence-electron chi connectivity index (χ3n) is 6.63. The fraction of sp³-hybridized carbons (Fsp3) is 0.348. The summed E-state index contributed by atoms with van der Waals surface area (Å²) in [5.41, 5.74) is 6.09. The third kappa shape index (κ3) is 4.10. The molecule has 2 aliphatic rings. The first-order valence-corrected chi connectivity index (χ1v) is 11.8. The van der Waals surface area contributed by atoms with Crippen molar-refractivity contribution in [3.8, 4) is 0 Å². The molecule has 0 spiro atoms. The van der Waals surface area contributed by atoms with E-state index in [4.69, 9.17) is 28.9 Å². The molecule has 1 saturated heterocycles. The van der Waals surface area contributed by atoms with E-state index in [1.807, 2.05) is 0 Å². The number of benzene rings is 1. The average Bonchev–Trinajstić information content (AvgIpc) is 3.46. The fourth-order valence-electron chi connectivity index (χ4n) is 5.23. The van der Waals surface area contributed by atoms with Crippen molar-refractivity contribution in [2.75, 3.05) is 5.32 Å². The highest BCUT2D eigenvalue weighted by Crippen LogP contribution is 2.41. The van der Waals surface area contributed by atoms with Gasteiger partial charge in [0.2, 0.25) is 11.8 Å². The van der Waals surface area contributed by atoms with Crippen LogP contribution in [0.4, 0.5) is 5.82 Å². The van der Waals surface area contributed by atoms with Gasteiger partial charge in [-0.2, -0.15) is 5.10 Å². The molecule has 1 aromatic carbocycles. The second-order valence-corrected chi connectivity index (χ2v) is 9.50. The van der Waals surface area contributed by atoms with Gasteiger partial charge < -0.3 is 16.0 Å². The van der Waals surface area contributed by atoms with Crippen LogP contribution in [0.1, 0.15) is 36.2 Å². The molecule has 1 aliphatic heterocycles. The van der Waals surface area contributed by atoms with Gasteiger partial charge in [0, 0.05) is 16.5 Å². The van der Waals surface area contributed by atoms with Crippen LogP contribution >= 0.6 is 23.2 Å². The maximum Gasteiger partial charge on any atom is 0.269 e. The van der Waals surface area contributed by atoms with Crippen molar-refractivity contribution in [3.05, 3.63) is 52.3 Å². The first-order chi connectivity index (χ1) is 16.3. The second-order valence-electron chi connectivity index (χ2n) is 8.68. The zero-order valence-electron chi connectivity index (χ0n) is 18.1. The largest absolute Gasteiger partial charge is 0.364 e. The lowest BCUT2D eigenvalue weighted by atomic mass is 10.0. The molecule has 34 heavy (non-hydrogen) atoms. The van der Waals surface area contributed by atoms with Crippen LogP contribution in [0.25, 0.3) is 10.9 Å². The van der Waals surface area contributed by atoms with Crippen molar-refractivity contribution in [3.63, 3.8) is 0 Å². The van der Waals surface area contributed by atoms with Crippen LogP contribution in [-0.2, 0) is 16.1 Å². The van der Waals surface area contributed by atoms with Gasteiger partial charge in [0.15, 0.2) is 5.69 Å². The zero-order valence-corrected chi connectivity index (χ0v) is 19.6. The van der Waals surface area contributed by atoms with Gasteiger partial charge in [0.05, 0.1) is 5.52 Å². The van der Waals surface area contributed by atoms with E-state index in [-0.39, 0.29) is 41.2 Å². The lowest BCUT2D eigenvalue weighted by Crippen LogP contribution is -2.48. The van der Waals surface area contributed by atoms with Crippen molar-refractivity contribution >= 4 is 57.6 Å². The molecule has 5 rings (SSSR count). The van der Waals surface area contributed by atoms with E-state index in [9.17, 15) is 14.4 Å². The minimum Gasteiger partial charge on any atom is -0.364 e. The molecular weight excluding hydrogens is 479 g/mol. The van der Waals surface area contributed by atoms with Crippen LogP contribution in [0.3, 0.4) is 0 Å². The van der Waals surface area contributed by atoms with Gasteiger partial charge in [0.1, 0.15) is 23.6 Å². The number of nitrogens with two attached hydrogens (primary N) is 1. The number of nitrogens with zero attached hydrogens (tertiary/aromatic N) is 4. The molecule has 3 heterocycles. The zero-order chi connectivity index (χ0) is 24.0. The Hall–Kier alpha value is -3.17. The lowest BCUT2D eigenvalue weighted by molar-refractivity contribution is -0.139. The molecule has 3 aromatic rings. The number of primary amides is 1. The number of pyridine rings is 1. The van der Waals surface area contributed by atoms with Gasteiger partial charge in [-0.05, 0) is 55.5 Å². The number of halogens is 2. The van der Waals surface area contributed by atoms with Gasteiger partial charge in [0.25, 0.3) is 5.91 Å². The molecule has 2 aromatic heterocycles. The normalized spacial score (nSPS) is 21.6. The van der Waals surface area contributed by atoms with Crippen molar-refractivity contribution in [2.24, 2.45) is 11.7 Å². The predicted molar refractivity (Wildman–Crippen MR) is 128 cm³/mol. The highest BCUT2D eigenvalue weighted by molar-refractivity contribution is 6.31. The molecule has 0 unspecified atom stereocenters. The smallest absolute Gasteiger partial charge is 0.269 e. The molecule has 3 amide bonds. The Labute approximate surface area is 205 Å². The number of hydrogen-bond donors (Lipinski definition) is 2. The monoisotopic (exact) mass is 500 g/mol. The number of fused-ring (bicyclic) bond motifs is 2. The highest BCUT2D eigenvalue weighted by Gasteiger charge is 2.48. The van der Waals surface area contributed by atoms with Crippen LogP contribution in [0, 0.1) is 5.92 Å². The van der Waals surface area contributed by atoms with E-state index in [1.54, 1.807) is 41.3 Å². The Morgan fingerprint density at radius 1 is 1.15 bits per heavy atom. The standard InChI is InChI=1S/C23H22Cl2N6O3/c24-13-7-8-14-16(10-13)30(29-21(14)22(26)33)11-20(32)31-15-4-1-3-12(15)9-17(31)23(34)28-19-6-2-5-18(25)27-19/h2,5-8,10,12,15,17H,1,3-4,9,11H2,(H2,26,33)(H,27,28,34)/t12-,15-,17-/m0/s1. The summed E-state index contributed by atoms with van der Waals surface area (Å²) in [7, 11) is 0. The van der Waals surface area contributed by atoms with Gasteiger partial charge >= 0.3 is 0 Å². The number of amides is 3. The molecule has 3 N–H and O–H groups in total. The summed E-state index contributed by atoms with van der Waals surface area (Å²) in [6.45, 7) is -0.146. The van der Waals surface area contributed by atoms with E-state index in [1.165, 1.54) is 4.68 Å². The summed E-state index contributed by atoms with van der Waals surface area (Å²) in [5.74, 6) is -0.655. The Bertz CT molecular complexity index is 1310. The number of likely N-dealkylation sites (tertiary alicyclic amines) is 1. The summed E-state index contributed by atoms with van der Waals surface area (Å²) < 4.78 is 1.43. The summed E-state index contributed by atoms with van der Waals surface area (Å²) in [6.07, 6.45) is 3.41. The highest BCUT2D eigenvalue weighted by atomic mass is 35.5. The van der Waals surface area contributed by atoms with E-state index in [0.29, 0.717) is 28.2 Å². The Morgan fingerprint density at radius 2 is 1.97 bits per heavy atom. The van der Waals surface area contributed by atoms with Crippen LogP contribution in [0.2, 0.25) is 10.2 Å². The molecule has 9 nitrogen and oxygen atoms in total. The summed E-state index contributed by atoms with van der Waals surface area (Å²) in [6, 6.07) is 9.25. The summed E-state index contributed by atoms with van der Waals surface area (Å²) in [5, 5.41) is 8.31. The van der Waals surface area contributed by atoms with Crippen LogP contribution in [0.15, 0.2) is 36.4 Å². The molecule has 3 atom stereocenters. The van der Waals surface area contributed by atoms with Crippen molar-refractivity contribution in [2.45, 2.75) is 44.3 Å². The van der Waals surface area contributed by atoms with E-state index in [2.05, 4.69) is 15.4 Å². The average molecular weight is 501 g/mol. The van der Waals surface area contributed by atoms with Crippen molar-refractivity contribution in [1.29, 1.82) is 0 Å². The molecule has 176 valence electrons. The van der Waals surface area contributed by atoms with Gasteiger partial charge in [-0.15, -0.1) is 0 Å². The molecule has 11 heteroatoms. The van der Waals surface area contributed by atoms with E-state index in [0.717, 1.165) is 19.3 Å². The first kappa shape index (κ1) is 22.6. The Balaban J connectivity index is 1.43. The summed E-state index contributed by atoms with van der Waals surface area (Å²) >= 11 is 12.1. The van der Waals surface area contributed by atoms with Crippen LogP contribution in [0.5, 0.6) is 0 Å². The van der Waals surface area contributed by atoms with Crippen molar-refractivity contribution < 1.29 is 14.4 Å². The molecule has 0 bridgehead atoms. The lowest BCUT2D eigenvalue weighted by Gasteiger charge is -2.29. The topological polar surface area (TPSA) is 123 Å². The van der Waals surface area contributed by atoms with Gasteiger partial charge in [-0.25, -0.2) is 4.98 Å². The number of carbonyl (C=O) groups is 3. The molecular formula is C23H22Cl2N6O3. The molecule has 2 fully saturated rings. The molecule has 0 radical (unpaired) electrons. The number of aromatic nitrogens is 3. The maximum atomic E-state index is 13.6. The quantitative estimate of drug-likeness (QED) is 0.520. The summed E-state index contributed by atoms with van der Waals surface area (Å²) in [4.78, 5) is 44.5. The minimum atomic E-state index is -0.693. The fourth-order valence-corrected chi connectivity index (χ4v) is 5.56. The Kier molecular flexibility index (Phi) is 5.91. The second kappa shape index (κ2) is 8.88. The number of carbonyl (C=O) groups excluding carboxylic acids is 3. The van der Waals surface area contributed by atoms with Gasteiger partial charge in [-0.1, -0.05) is 35.7 Å². The van der Waals surface area contributed by atoms with Crippen molar-refractivity contribution in [1.82, 2.24) is 19.7 Å². The SMILES string of the molecule is NC(=O)c1nn(CC(=O)N2[C@H](C(=O)Nc3cccc(Cl)n3)C[C@@H]3CCC[C@@H]32)c2cc(Cl)ccc12. The van der Waals surface area contributed by atoms with Crippen LogP contribution < -0.4 is 11.1 Å². The predicted octanol–water partition coefficient (Wildman–Crippen LogP) is 3.25. The van der Waals surface area contributed by atoms with E-state index < -0.39 is 11.9 Å². The molecule has 1 saturated carbocycles. The number of hydrogen-bond acceptors (Lipinski definition) is 5. The third-order valence-corrected chi connectivity index (χ3v) is 7.07. The van der Waals surface area contributed by atoms with Gasteiger partial charge in [-0.3, -0.25) is 19.1 Å². The number of rotatable bonds is 5. The van der Waals surface area contributed by atoms with Crippen LogP contribution in [-0.4, -0.2) is 49.5 Å². The minimum absolute atomic E-state index is 0.0170.